The van der Waals surface area contributed by atoms with E-state index < -0.39 is 36.0 Å². The number of aliphatic hydroxyl groups is 1. The number of hydrogen-bond acceptors (Lipinski definition) is 2. The topological polar surface area (TPSA) is 33.1 Å². The van der Waals surface area contributed by atoms with Crippen molar-refractivity contribution in [1.82, 2.24) is 4.98 Å². The fourth-order valence-corrected chi connectivity index (χ4v) is 1.15. The Morgan fingerprint density at radius 2 is 1.93 bits per heavy atom. The van der Waals surface area contributed by atoms with Gasteiger partial charge in [-0.25, -0.2) is 8.78 Å². The molecule has 0 unspecified atom stereocenters. The van der Waals surface area contributed by atoms with Crippen molar-refractivity contribution in [2.45, 2.75) is 19.2 Å². The second kappa shape index (κ2) is 4.09. The van der Waals surface area contributed by atoms with Gasteiger partial charge in [0, 0.05) is 11.8 Å². The number of aromatic nitrogens is 1. The highest BCUT2D eigenvalue weighted by molar-refractivity contribution is 5.33. The van der Waals surface area contributed by atoms with Crippen LogP contribution in [0.1, 0.15) is 23.2 Å². The summed E-state index contributed by atoms with van der Waals surface area (Å²) in [6.45, 7) is -1.03. The van der Waals surface area contributed by atoms with Crippen molar-refractivity contribution >= 4 is 0 Å². The van der Waals surface area contributed by atoms with Crippen molar-refractivity contribution in [1.29, 1.82) is 0 Å². The summed E-state index contributed by atoms with van der Waals surface area (Å²) in [4.78, 5) is 3.20. The van der Waals surface area contributed by atoms with E-state index >= 15 is 0 Å². The quantitative estimate of drug-likeness (QED) is 0.787. The van der Waals surface area contributed by atoms with Crippen molar-refractivity contribution in [3.8, 4) is 0 Å². The predicted molar refractivity (Wildman–Crippen MR) is 40.1 cm³/mol. The fourth-order valence-electron chi connectivity index (χ4n) is 1.15. The average molecular weight is 227 g/mol. The largest absolute Gasteiger partial charge is 0.418 e. The summed E-state index contributed by atoms with van der Waals surface area (Å²) >= 11 is 0. The van der Waals surface area contributed by atoms with E-state index in [-0.39, 0.29) is 0 Å². The molecule has 0 saturated heterocycles. The molecule has 0 aromatic carbocycles. The first kappa shape index (κ1) is 11.8. The summed E-state index contributed by atoms with van der Waals surface area (Å²) in [6.07, 6.45) is -7.39. The highest BCUT2D eigenvalue weighted by Crippen LogP contribution is 2.37. The third-order valence-electron chi connectivity index (χ3n) is 1.73. The molecule has 1 rings (SSSR count). The summed E-state index contributed by atoms with van der Waals surface area (Å²) in [5, 5.41) is 8.58. The third-order valence-corrected chi connectivity index (χ3v) is 1.73. The molecule has 0 aliphatic carbocycles. The second-order valence-electron chi connectivity index (χ2n) is 2.68. The monoisotopic (exact) mass is 227 g/mol. The molecule has 0 saturated carbocycles. The molecule has 2 nitrogen and oxygen atoms in total. The lowest BCUT2D eigenvalue weighted by molar-refractivity contribution is -0.141. The molecule has 0 spiro atoms. The standard InChI is InChI=1S/C8H6F5NO/c9-7(10)4-1-2-14-5(3-15)6(4)8(11,12)13/h1-2,7,15H,3H2. The minimum Gasteiger partial charge on any atom is -0.390 e. The Kier molecular flexibility index (Phi) is 3.23. The summed E-state index contributed by atoms with van der Waals surface area (Å²) in [5.41, 5.74) is -3.51. The number of aliphatic hydroxyl groups excluding tert-OH is 1. The van der Waals surface area contributed by atoms with Crippen LogP contribution in [0.2, 0.25) is 0 Å². The van der Waals surface area contributed by atoms with Gasteiger partial charge in [0.05, 0.1) is 17.9 Å². The SMILES string of the molecule is OCc1nccc(C(F)F)c1C(F)(F)F. The smallest absolute Gasteiger partial charge is 0.390 e. The van der Waals surface area contributed by atoms with Crippen LogP contribution >= 0.6 is 0 Å². The van der Waals surface area contributed by atoms with Crippen LogP contribution in [0, 0.1) is 0 Å². The molecule has 1 N–H and O–H groups in total. The Morgan fingerprint density at radius 1 is 1.33 bits per heavy atom. The summed E-state index contributed by atoms with van der Waals surface area (Å²) < 4.78 is 61.6. The Bertz CT molecular complexity index is 349. The molecule has 15 heavy (non-hydrogen) atoms. The number of rotatable bonds is 2. The molecule has 84 valence electrons. The number of alkyl halides is 5. The van der Waals surface area contributed by atoms with Gasteiger partial charge >= 0.3 is 6.18 Å². The zero-order valence-electron chi connectivity index (χ0n) is 7.22. The van der Waals surface area contributed by atoms with Crippen LogP contribution in [0.25, 0.3) is 0 Å². The second-order valence-corrected chi connectivity index (χ2v) is 2.68. The van der Waals surface area contributed by atoms with Crippen LogP contribution in [-0.4, -0.2) is 10.1 Å². The van der Waals surface area contributed by atoms with E-state index in [1.807, 2.05) is 0 Å². The van der Waals surface area contributed by atoms with Crippen molar-refractivity contribution in [2.24, 2.45) is 0 Å². The highest BCUT2D eigenvalue weighted by Gasteiger charge is 2.38. The summed E-state index contributed by atoms with van der Waals surface area (Å²) in [7, 11) is 0. The van der Waals surface area contributed by atoms with Gasteiger partial charge in [0.2, 0.25) is 0 Å². The van der Waals surface area contributed by atoms with Crippen LogP contribution in [-0.2, 0) is 12.8 Å². The molecule has 1 heterocycles. The zero-order chi connectivity index (χ0) is 11.6. The van der Waals surface area contributed by atoms with Gasteiger partial charge in [-0.1, -0.05) is 0 Å². The molecule has 0 aliphatic rings. The van der Waals surface area contributed by atoms with Gasteiger partial charge < -0.3 is 5.11 Å². The minimum absolute atomic E-state index is 0.590. The van der Waals surface area contributed by atoms with E-state index in [2.05, 4.69) is 4.98 Å². The first-order valence-electron chi connectivity index (χ1n) is 3.82. The van der Waals surface area contributed by atoms with E-state index in [0.717, 1.165) is 6.20 Å². The lowest BCUT2D eigenvalue weighted by Crippen LogP contribution is -2.14. The molecule has 1 aromatic heterocycles. The highest BCUT2D eigenvalue weighted by atomic mass is 19.4. The van der Waals surface area contributed by atoms with E-state index in [4.69, 9.17) is 5.11 Å². The maximum Gasteiger partial charge on any atom is 0.418 e. The van der Waals surface area contributed by atoms with Crippen LogP contribution in [0.3, 0.4) is 0 Å². The molecule has 0 atom stereocenters. The lowest BCUT2D eigenvalue weighted by Gasteiger charge is -2.14. The Labute approximate surface area is 81.4 Å². The van der Waals surface area contributed by atoms with Crippen LogP contribution in [0.4, 0.5) is 22.0 Å². The van der Waals surface area contributed by atoms with Gasteiger partial charge in [-0.15, -0.1) is 0 Å². The molecule has 0 fully saturated rings. The molecule has 0 radical (unpaired) electrons. The molecular formula is C8H6F5NO. The van der Waals surface area contributed by atoms with Gasteiger partial charge in [0.25, 0.3) is 6.43 Å². The van der Waals surface area contributed by atoms with Gasteiger partial charge in [-0.2, -0.15) is 13.2 Å². The van der Waals surface area contributed by atoms with Crippen LogP contribution < -0.4 is 0 Å². The molecule has 0 aliphatic heterocycles. The number of pyridine rings is 1. The normalized spacial score (nSPS) is 12.2. The molecule has 1 aromatic rings. The Morgan fingerprint density at radius 3 is 2.33 bits per heavy atom. The van der Waals surface area contributed by atoms with Gasteiger partial charge in [-0.05, 0) is 6.07 Å². The molecule has 7 heteroatoms. The Hall–Kier alpha value is -1.24. The zero-order valence-corrected chi connectivity index (χ0v) is 7.22. The van der Waals surface area contributed by atoms with E-state index in [0.29, 0.717) is 6.07 Å². The summed E-state index contributed by atoms with van der Waals surface area (Å²) in [6, 6.07) is 0.590. The van der Waals surface area contributed by atoms with Crippen LogP contribution in [0.15, 0.2) is 12.3 Å². The van der Waals surface area contributed by atoms with E-state index in [1.165, 1.54) is 0 Å². The molecule has 0 amide bonds. The van der Waals surface area contributed by atoms with Crippen LogP contribution in [0.5, 0.6) is 0 Å². The third kappa shape index (κ3) is 2.41. The van der Waals surface area contributed by atoms with Crippen molar-refractivity contribution in [3.05, 3.63) is 29.1 Å². The molecular weight excluding hydrogens is 221 g/mol. The number of nitrogens with zero attached hydrogens (tertiary/aromatic N) is 1. The fraction of sp³-hybridized carbons (Fsp3) is 0.375. The number of halogens is 5. The average Bonchev–Trinajstić information content (AvgIpc) is 2.15. The van der Waals surface area contributed by atoms with Gasteiger partial charge in [-0.3, -0.25) is 4.98 Å². The van der Waals surface area contributed by atoms with Crippen molar-refractivity contribution < 1.29 is 27.1 Å². The Balaban J connectivity index is 3.41. The van der Waals surface area contributed by atoms with E-state index in [1.54, 1.807) is 0 Å². The van der Waals surface area contributed by atoms with Gasteiger partial charge in [0.15, 0.2) is 0 Å². The lowest BCUT2D eigenvalue weighted by atomic mass is 10.1. The first-order chi connectivity index (χ1) is 6.88. The van der Waals surface area contributed by atoms with E-state index in [9.17, 15) is 22.0 Å². The maximum atomic E-state index is 12.4. The minimum atomic E-state index is -4.95. The molecule has 0 bridgehead atoms. The van der Waals surface area contributed by atoms with Crippen molar-refractivity contribution in [3.63, 3.8) is 0 Å². The first-order valence-corrected chi connectivity index (χ1v) is 3.82. The predicted octanol–water partition coefficient (Wildman–Crippen LogP) is 2.53. The maximum absolute atomic E-state index is 12.4. The number of hydrogen-bond donors (Lipinski definition) is 1. The van der Waals surface area contributed by atoms with Gasteiger partial charge in [0.1, 0.15) is 0 Å². The summed E-state index contributed by atoms with van der Waals surface area (Å²) in [5.74, 6) is 0. The van der Waals surface area contributed by atoms with Crippen molar-refractivity contribution in [2.75, 3.05) is 0 Å².